The van der Waals surface area contributed by atoms with Crippen molar-refractivity contribution in [3.05, 3.63) is 23.8 Å². The van der Waals surface area contributed by atoms with Gasteiger partial charge in [0.15, 0.2) is 11.5 Å². The number of methoxy groups -OCH3 is 1. The number of hydrogen-bond acceptors (Lipinski definition) is 7. The number of aliphatic hydroxyl groups excluding tert-OH is 4. The smallest absolute Gasteiger partial charge is 0.251 e. The van der Waals surface area contributed by atoms with E-state index in [1.165, 1.54) is 25.3 Å². The Morgan fingerprint density at radius 1 is 1.29 bits per heavy atom. The van der Waals surface area contributed by atoms with Crippen LogP contribution in [0.1, 0.15) is 10.4 Å². The van der Waals surface area contributed by atoms with Gasteiger partial charge in [-0.05, 0) is 18.2 Å². The summed E-state index contributed by atoms with van der Waals surface area (Å²) < 4.78 is 4.87. The number of nitrogens with one attached hydrogen (secondary N) is 1. The van der Waals surface area contributed by atoms with Gasteiger partial charge in [0, 0.05) is 12.1 Å². The van der Waals surface area contributed by atoms with Crippen molar-refractivity contribution in [2.45, 2.75) is 18.3 Å². The molecule has 3 atom stereocenters. The highest BCUT2D eigenvalue weighted by Crippen LogP contribution is 2.26. The van der Waals surface area contributed by atoms with E-state index < -0.39 is 30.8 Å². The molecule has 0 heterocycles. The topological polar surface area (TPSA) is 139 Å². The highest BCUT2D eigenvalue weighted by Gasteiger charge is 2.24. The van der Waals surface area contributed by atoms with Crippen molar-refractivity contribution in [3.63, 3.8) is 0 Å². The molecule has 1 aromatic carbocycles. The molecule has 0 fully saturated rings. The third-order valence-corrected chi connectivity index (χ3v) is 2.89. The molecule has 1 rings (SSSR count). The van der Waals surface area contributed by atoms with Crippen molar-refractivity contribution in [2.75, 3.05) is 20.3 Å². The zero-order chi connectivity index (χ0) is 16.0. The van der Waals surface area contributed by atoms with Crippen LogP contribution < -0.4 is 10.1 Å². The first-order valence-corrected chi connectivity index (χ1v) is 6.21. The van der Waals surface area contributed by atoms with Crippen molar-refractivity contribution in [2.24, 2.45) is 0 Å². The average Bonchev–Trinajstić information content (AvgIpc) is 2.50. The maximum absolute atomic E-state index is 11.8. The fourth-order valence-corrected chi connectivity index (χ4v) is 1.60. The number of phenolic OH excluding ortho intramolecular Hbond substituents is 1. The van der Waals surface area contributed by atoms with Gasteiger partial charge in [0.05, 0.1) is 19.8 Å². The second-order valence-electron chi connectivity index (χ2n) is 4.40. The minimum absolute atomic E-state index is 0.115. The molecule has 1 amide bonds. The van der Waals surface area contributed by atoms with E-state index in [0.717, 1.165) is 0 Å². The number of rotatable bonds is 7. The number of carbonyl (C=O) groups excluding carboxylic acids is 1. The predicted molar refractivity (Wildman–Crippen MR) is 72.1 cm³/mol. The molecule has 0 aromatic heterocycles. The van der Waals surface area contributed by atoms with E-state index in [9.17, 15) is 20.1 Å². The Bertz CT molecular complexity index is 480. The molecule has 1 unspecified atom stereocenters. The fourth-order valence-electron chi connectivity index (χ4n) is 1.60. The fraction of sp³-hybridized carbons (Fsp3) is 0.462. The van der Waals surface area contributed by atoms with Gasteiger partial charge < -0.3 is 35.6 Å². The van der Waals surface area contributed by atoms with Gasteiger partial charge in [-0.25, -0.2) is 0 Å². The van der Waals surface area contributed by atoms with Crippen LogP contribution in [0.5, 0.6) is 11.5 Å². The quantitative estimate of drug-likeness (QED) is 0.349. The van der Waals surface area contributed by atoms with Gasteiger partial charge in [-0.3, -0.25) is 4.79 Å². The van der Waals surface area contributed by atoms with Crippen molar-refractivity contribution in [1.82, 2.24) is 5.32 Å². The number of aromatic hydroxyl groups is 1. The zero-order valence-electron chi connectivity index (χ0n) is 11.4. The molecule has 0 bridgehead atoms. The summed E-state index contributed by atoms with van der Waals surface area (Å²) in [4.78, 5) is 11.8. The van der Waals surface area contributed by atoms with E-state index in [0.29, 0.717) is 0 Å². The van der Waals surface area contributed by atoms with Crippen LogP contribution in [0.4, 0.5) is 0 Å². The summed E-state index contributed by atoms with van der Waals surface area (Å²) in [5.41, 5.74) is 0.189. The third kappa shape index (κ3) is 4.57. The van der Waals surface area contributed by atoms with Gasteiger partial charge >= 0.3 is 0 Å². The lowest BCUT2D eigenvalue weighted by Crippen LogP contribution is -2.45. The first kappa shape index (κ1) is 17.2. The van der Waals surface area contributed by atoms with E-state index in [-0.39, 0.29) is 23.6 Å². The minimum Gasteiger partial charge on any atom is -0.504 e. The molecule has 118 valence electrons. The highest BCUT2D eigenvalue weighted by molar-refractivity contribution is 5.94. The van der Waals surface area contributed by atoms with Crippen LogP contribution in [-0.4, -0.2) is 70.0 Å². The maximum atomic E-state index is 11.8. The second-order valence-corrected chi connectivity index (χ2v) is 4.40. The number of hydrogen-bond donors (Lipinski definition) is 6. The molecule has 0 spiro atoms. The number of phenols is 1. The van der Waals surface area contributed by atoms with Crippen molar-refractivity contribution in [3.8, 4) is 11.5 Å². The van der Waals surface area contributed by atoms with Crippen LogP contribution in [-0.2, 0) is 0 Å². The summed E-state index contributed by atoms with van der Waals surface area (Å²) in [7, 11) is 1.34. The summed E-state index contributed by atoms with van der Waals surface area (Å²) in [6.45, 7) is -1.03. The summed E-state index contributed by atoms with van der Waals surface area (Å²) in [5, 5.41) is 48.6. The Hall–Kier alpha value is -1.87. The van der Waals surface area contributed by atoms with E-state index in [2.05, 4.69) is 5.32 Å². The van der Waals surface area contributed by atoms with E-state index >= 15 is 0 Å². The van der Waals surface area contributed by atoms with Crippen molar-refractivity contribution in [1.29, 1.82) is 0 Å². The second kappa shape index (κ2) is 7.79. The van der Waals surface area contributed by atoms with Gasteiger partial charge in [0.25, 0.3) is 5.91 Å². The summed E-state index contributed by atoms with van der Waals surface area (Å²) in [5.74, 6) is -0.549. The molecule has 1 aromatic rings. The predicted octanol–water partition coefficient (Wildman–Crippen LogP) is -1.79. The average molecular weight is 301 g/mol. The molecule has 0 aliphatic carbocycles. The molecular formula is C13H19NO7. The van der Waals surface area contributed by atoms with Gasteiger partial charge in [0.1, 0.15) is 12.2 Å². The van der Waals surface area contributed by atoms with Crippen LogP contribution >= 0.6 is 0 Å². The van der Waals surface area contributed by atoms with Crippen LogP contribution in [0, 0.1) is 0 Å². The van der Waals surface area contributed by atoms with E-state index in [1.54, 1.807) is 0 Å². The van der Waals surface area contributed by atoms with Gasteiger partial charge in [-0.1, -0.05) is 0 Å². The Morgan fingerprint density at radius 3 is 2.52 bits per heavy atom. The SMILES string of the molecule is COc1cc(C(=O)NC[C@@H](O)[C@H](O)C(O)CO)ccc1O. The maximum Gasteiger partial charge on any atom is 0.251 e. The van der Waals surface area contributed by atoms with Gasteiger partial charge in [-0.2, -0.15) is 0 Å². The molecule has 0 aliphatic rings. The van der Waals surface area contributed by atoms with Crippen LogP contribution in [0.25, 0.3) is 0 Å². The molecular weight excluding hydrogens is 282 g/mol. The number of benzene rings is 1. The Kier molecular flexibility index (Phi) is 6.38. The zero-order valence-corrected chi connectivity index (χ0v) is 11.4. The molecule has 8 nitrogen and oxygen atoms in total. The molecule has 6 N–H and O–H groups in total. The van der Waals surface area contributed by atoms with Crippen molar-refractivity contribution >= 4 is 5.91 Å². The first-order valence-electron chi connectivity index (χ1n) is 6.21. The minimum atomic E-state index is -1.58. The monoisotopic (exact) mass is 301 g/mol. The standard InChI is InChI=1S/C13H19NO7/c1-21-11-4-7(2-3-8(11)16)13(20)14-5-9(17)12(19)10(18)6-15/h2-4,9-10,12,15-19H,5-6H2,1H3,(H,14,20)/t9-,10?,12+/m1/s1. The third-order valence-electron chi connectivity index (χ3n) is 2.89. The van der Waals surface area contributed by atoms with Crippen molar-refractivity contribution < 1.29 is 35.1 Å². The van der Waals surface area contributed by atoms with Gasteiger partial charge in [0.2, 0.25) is 0 Å². The van der Waals surface area contributed by atoms with Crippen LogP contribution in [0.2, 0.25) is 0 Å². The highest BCUT2D eigenvalue weighted by atomic mass is 16.5. The Morgan fingerprint density at radius 2 is 1.95 bits per heavy atom. The number of amides is 1. The lowest BCUT2D eigenvalue weighted by atomic mass is 10.1. The normalized spacial score (nSPS) is 15.1. The van der Waals surface area contributed by atoms with Crippen LogP contribution in [0.15, 0.2) is 18.2 Å². The lowest BCUT2D eigenvalue weighted by molar-refractivity contribution is -0.0743. The number of aliphatic hydroxyl groups is 4. The molecule has 0 aliphatic heterocycles. The molecule has 0 saturated carbocycles. The van der Waals surface area contributed by atoms with E-state index in [4.69, 9.17) is 14.9 Å². The largest absolute Gasteiger partial charge is 0.504 e. The summed E-state index contributed by atoms with van der Waals surface area (Å²) in [6, 6.07) is 3.96. The van der Waals surface area contributed by atoms with Crippen LogP contribution in [0.3, 0.4) is 0 Å². The number of carbonyl (C=O) groups is 1. The molecule has 8 heteroatoms. The van der Waals surface area contributed by atoms with Gasteiger partial charge in [-0.15, -0.1) is 0 Å². The summed E-state index contributed by atoms with van der Waals surface area (Å²) >= 11 is 0. The summed E-state index contributed by atoms with van der Waals surface area (Å²) in [6.07, 6.45) is -4.51. The molecule has 21 heavy (non-hydrogen) atoms. The Labute approximate surface area is 121 Å². The first-order chi connectivity index (χ1) is 9.90. The van der Waals surface area contributed by atoms with E-state index in [1.807, 2.05) is 0 Å². The Balaban J connectivity index is 2.61. The molecule has 0 saturated heterocycles. The lowest BCUT2D eigenvalue weighted by Gasteiger charge is -2.21. The number of ether oxygens (including phenoxy) is 1. The molecule has 0 radical (unpaired) electrons.